The monoisotopic (exact) mass is 162 g/mol. The molecule has 0 N–H and O–H groups in total. The van der Waals surface area contributed by atoms with Gasteiger partial charge in [-0.15, -0.1) is 0 Å². The van der Waals surface area contributed by atoms with Gasteiger partial charge in [0.05, 0.1) is 14.2 Å². The summed E-state index contributed by atoms with van der Waals surface area (Å²) in [6, 6.07) is 0. The van der Waals surface area contributed by atoms with Crippen molar-refractivity contribution >= 4 is 10.8 Å². The Kier molecular flexibility index (Phi) is 3.79. The zero-order valence-corrected chi connectivity index (χ0v) is 6.86. The first-order chi connectivity index (χ1) is 4.63. The summed E-state index contributed by atoms with van der Waals surface area (Å²) in [4.78, 5) is 0. The third-order valence-electron chi connectivity index (χ3n) is 0.869. The third-order valence-corrected chi connectivity index (χ3v) is 2.03. The van der Waals surface area contributed by atoms with Gasteiger partial charge in [0, 0.05) is 0 Å². The van der Waals surface area contributed by atoms with Crippen molar-refractivity contribution < 1.29 is 13.7 Å². The molecule has 0 unspecified atom stereocenters. The van der Waals surface area contributed by atoms with Crippen LogP contribution in [0.25, 0.3) is 0 Å². The lowest BCUT2D eigenvalue weighted by Crippen LogP contribution is -1.99. The van der Waals surface area contributed by atoms with E-state index in [4.69, 9.17) is 0 Å². The van der Waals surface area contributed by atoms with Gasteiger partial charge >= 0.3 is 0 Å². The minimum absolute atomic E-state index is 0.145. The highest BCUT2D eigenvalue weighted by molar-refractivity contribution is 7.92. The Morgan fingerprint density at radius 1 is 1.20 bits per heavy atom. The third kappa shape index (κ3) is 2.23. The van der Waals surface area contributed by atoms with Crippen molar-refractivity contribution in [2.24, 2.45) is 0 Å². The molecule has 4 heteroatoms. The molecule has 0 bridgehead atoms. The van der Waals surface area contributed by atoms with Crippen molar-refractivity contribution in [3.63, 3.8) is 0 Å². The fourth-order valence-corrected chi connectivity index (χ4v) is 0.835. The lowest BCUT2D eigenvalue weighted by molar-refractivity contribution is 0.308. The van der Waals surface area contributed by atoms with Crippen molar-refractivity contribution in [2.75, 3.05) is 14.2 Å². The molecular formula is C6H10O3S. The van der Waals surface area contributed by atoms with Crippen molar-refractivity contribution in [2.45, 2.75) is 0 Å². The molecule has 0 aliphatic heterocycles. The summed E-state index contributed by atoms with van der Waals surface area (Å²) < 4.78 is 20.2. The maximum absolute atomic E-state index is 11.0. The topological polar surface area (TPSA) is 35.5 Å². The van der Waals surface area contributed by atoms with Crippen LogP contribution in [0.4, 0.5) is 0 Å². The molecular weight excluding hydrogens is 152 g/mol. The fourth-order valence-electron chi connectivity index (χ4n) is 0.278. The summed E-state index contributed by atoms with van der Waals surface area (Å²) in [7, 11) is 1.34. The Bertz CT molecular complexity index is 156. The van der Waals surface area contributed by atoms with E-state index >= 15 is 0 Å². The van der Waals surface area contributed by atoms with E-state index in [0.717, 1.165) is 0 Å². The molecule has 0 aromatic carbocycles. The van der Waals surface area contributed by atoms with Crippen molar-refractivity contribution in [3.8, 4) is 0 Å². The molecule has 3 nitrogen and oxygen atoms in total. The SMILES string of the molecule is C=C(OC)S(=O)C(=C)OC. The van der Waals surface area contributed by atoms with Crippen molar-refractivity contribution in [3.05, 3.63) is 23.3 Å². The second-order valence-electron chi connectivity index (χ2n) is 1.42. The average molecular weight is 162 g/mol. The molecule has 0 aliphatic carbocycles. The molecule has 0 fully saturated rings. The first-order valence-corrected chi connectivity index (χ1v) is 3.66. The van der Waals surface area contributed by atoms with Crippen LogP contribution in [-0.2, 0) is 20.3 Å². The molecule has 0 rings (SSSR count). The van der Waals surface area contributed by atoms with Gasteiger partial charge in [0.2, 0.25) is 0 Å². The van der Waals surface area contributed by atoms with Crippen LogP contribution in [0.2, 0.25) is 0 Å². The van der Waals surface area contributed by atoms with E-state index in [2.05, 4.69) is 22.6 Å². The zero-order chi connectivity index (χ0) is 8.15. The normalized spacial score (nSPS) is 9.10. The highest BCUT2D eigenvalue weighted by Crippen LogP contribution is 2.08. The molecule has 58 valence electrons. The zero-order valence-electron chi connectivity index (χ0n) is 6.05. The molecule has 0 aromatic heterocycles. The first-order valence-electron chi connectivity index (χ1n) is 2.51. The van der Waals surface area contributed by atoms with E-state index in [1.165, 1.54) is 14.2 Å². The average Bonchev–Trinajstić information content (AvgIpc) is 2.00. The van der Waals surface area contributed by atoms with Gasteiger partial charge in [0.25, 0.3) is 0 Å². The van der Waals surface area contributed by atoms with Gasteiger partial charge in [-0.05, 0) is 13.2 Å². The smallest absolute Gasteiger partial charge is 0.183 e. The number of rotatable bonds is 4. The maximum Gasteiger partial charge on any atom is 0.183 e. The minimum Gasteiger partial charge on any atom is -0.488 e. The number of methoxy groups -OCH3 is 2. The molecule has 0 amide bonds. The number of hydrogen-bond donors (Lipinski definition) is 0. The Morgan fingerprint density at radius 2 is 1.50 bits per heavy atom. The van der Waals surface area contributed by atoms with Crippen LogP contribution in [-0.4, -0.2) is 18.4 Å². The second kappa shape index (κ2) is 4.11. The van der Waals surface area contributed by atoms with E-state index in [-0.39, 0.29) is 10.2 Å². The molecule has 0 atom stereocenters. The summed E-state index contributed by atoms with van der Waals surface area (Å²) in [6.07, 6.45) is 0. The van der Waals surface area contributed by atoms with Crippen LogP contribution in [0.15, 0.2) is 23.3 Å². The van der Waals surface area contributed by atoms with Gasteiger partial charge in [-0.25, -0.2) is 4.21 Å². The van der Waals surface area contributed by atoms with E-state index < -0.39 is 10.8 Å². The highest BCUT2D eigenvalue weighted by Gasteiger charge is 2.08. The molecule has 0 spiro atoms. The van der Waals surface area contributed by atoms with Crippen molar-refractivity contribution in [1.82, 2.24) is 0 Å². The summed E-state index contributed by atoms with van der Waals surface area (Å²) in [5.74, 6) is 0. The quantitative estimate of drug-likeness (QED) is 0.578. The first kappa shape index (κ1) is 9.23. The molecule has 10 heavy (non-hydrogen) atoms. The summed E-state index contributed by atoms with van der Waals surface area (Å²) >= 11 is 0. The van der Waals surface area contributed by atoms with Crippen LogP contribution in [0.3, 0.4) is 0 Å². The second-order valence-corrected chi connectivity index (χ2v) is 2.87. The Balaban J connectivity index is 4.09. The minimum atomic E-state index is -1.44. The van der Waals surface area contributed by atoms with Crippen LogP contribution in [0.5, 0.6) is 0 Å². The van der Waals surface area contributed by atoms with Gasteiger partial charge in [-0.2, -0.15) is 0 Å². The van der Waals surface area contributed by atoms with Gasteiger partial charge in [-0.1, -0.05) is 0 Å². The molecule has 0 aromatic rings. The largest absolute Gasteiger partial charge is 0.488 e. The molecule has 0 saturated carbocycles. The predicted octanol–water partition coefficient (Wildman–Crippen LogP) is 0.970. The summed E-state index contributed by atoms with van der Waals surface area (Å²) in [5, 5.41) is 0.290. The van der Waals surface area contributed by atoms with Crippen LogP contribution in [0, 0.1) is 0 Å². The van der Waals surface area contributed by atoms with Gasteiger partial charge in [0.15, 0.2) is 21.0 Å². The lowest BCUT2D eigenvalue weighted by atomic mass is 11.1. The Hall–Kier alpha value is -0.770. The van der Waals surface area contributed by atoms with E-state index in [1.54, 1.807) is 0 Å². The lowest BCUT2D eigenvalue weighted by Gasteiger charge is -2.04. The highest BCUT2D eigenvalue weighted by atomic mass is 32.2. The Morgan fingerprint density at radius 3 is 1.70 bits per heavy atom. The van der Waals surface area contributed by atoms with Gasteiger partial charge in [0.1, 0.15) is 0 Å². The molecule has 0 saturated heterocycles. The van der Waals surface area contributed by atoms with Crippen LogP contribution < -0.4 is 0 Å². The summed E-state index contributed by atoms with van der Waals surface area (Å²) in [6.45, 7) is 6.76. The van der Waals surface area contributed by atoms with E-state index in [9.17, 15) is 4.21 Å². The van der Waals surface area contributed by atoms with Crippen LogP contribution in [0.1, 0.15) is 0 Å². The number of hydrogen-bond acceptors (Lipinski definition) is 3. The predicted molar refractivity (Wildman–Crippen MR) is 40.4 cm³/mol. The maximum atomic E-state index is 11.0. The van der Waals surface area contributed by atoms with Gasteiger partial charge < -0.3 is 9.47 Å². The fraction of sp³-hybridized carbons (Fsp3) is 0.333. The number of ether oxygens (including phenoxy) is 2. The van der Waals surface area contributed by atoms with E-state index in [1.807, 2.05) is 0 Å². The van der Waals surface area contributed by atoms with E-state index in [0.29, 0.717) is 0 Å². The van der Waals surface area contributed by atoms with Crippen molar-refractivity contribution in [1.29, 1.82) is 0 Å². The Labute approximate surface area is 62.8 Å². The molecule has 0 radical (unpaired) electrons. The standard InChI is InChI=1S/C6H10O3S/c1-5(8-3)10(7)6(2)9-4/h1-2H2,3-4H3. The van der Waals surface area contributed by atoms with Gasteiger partial charge in [-0.3, -0.25) is 0 Å². The molecule has 0 heterocycles. The molecule has 0 aliphatic rings. The van der Waals surface area contributed by atoms with Crippen LogP contribution >= 0.6 is 0 Å². The summed E-state index contributed by atoms with van der Waals surface area (Å²) in [5.41, 5.74) is 0.